The fourth-order valence-electron chi connectivity index (χ4n) is 0.904. The molecule has 62 valence electrons. The van der Waals surface area contributed by atoms with E-state index in [1.165, 1.54) is 12.1 Å². The largest absolute Gasteiger partial charge is 0.506 e. The molecule has 2 N–H and O–H groups in total. The van der Waals surface area contributed by atoms with Gasteiger partial charge in [0.25, 0.3) is 0 Å². The number of nitrogens with zero attached hydrogens (tertiary/aromatic N) is 1. The Labute approximate surface area is 75.2 Å². The van der Waals surface area contributed by atoms with Crippen LogP contribution in [0.25, 0.3) is 0 Å². The molecule has 1 rings (SSSR count). The minimum absolute atomic E-state index is 0.0125. The maximum Gasteiger partial charge on any atom is 0.141 e. The summed E-state index contributed by atoms with van der Waals surface area (Å²) in [5.41, 5.74) is 0.784. The minimum Gasteiger partial charge on any atom is -0.506 e. The number of nitriles is 1. The standard InChI is InChI=1S/C8H7ClN2O/c1-11-8-6(9)2-5(4-10)3-7(8)12/h2-3,11-12H,1H3. The van der Waals surface area contributed by atoms with Gasteiger partial charge in [-0.25, -0.2) is 0 Å². The number of phenols is 1. The fourth-order valence-corrected chi connectivity index (χ4v) is 1.21. The highest BCUT2D eigenvalue weighted by atomic mass is 35.5. The Hall–Kier alpha value is -1.40. The maximum absolute atomic E-state index is 9.31. The van der Waals surface area contributed by atoms with Crippen LogP contribution in [-0.2, 0) is 0 Å². The van der Waals surface area contributed by atoms with Crippen LogP contribution in [0.2, 0.25) is 5.02 Å². The molecule has 1 aromatic rings. The third kappa shape index (κ3) is 1.44. The summed E-state index contributed by atoms with van der Waals surface area (Å²) in [4.78, 5) is 0. The highest BCUT2D eigenvalue weighted by Crippen LogP contribution is 2.32. The number of benzene rings is 1. The molecule has 12 heavy (non-hydrogen) atoms. The lowest BCUT2D eigenvalue weighted by atomic mass is 10.2. The van der Waals surface area contributed by atoms with Crippen molar-refractivity contribution < 1.29 is 5.11 Å². The van der Waals surface area contributed by atoms with Crippen molar-refractivity contribution in [1.82, 2.24) is 0 Å². The van der Waals surface area contributed by atoms with Crippen molar-refractivity contribution in [2.45, 2.75) is 0 Å². The van der Waals surface area contributed by atoms with Gasteiger partial charge in [0.1, 0.15) is 5.75 Å². The molecule has 0 spiro atoms. The molecule has 0 aliphatic carbocycles. The molecular weight excluding hydrogens is 176 g/mol. The lowest BCUT2D eigenvalue weighted by Crippen LogP contribution is -1.90. The van der Waals surface area contributed by atoms with Gasteiger partial charge in [0.05, 0.1) is 22.3 Å². The summed E-state index contributed by atoms with van der Waals surface area (Å²) < 4.78 is 0. The van der Waals surface area contributed by atoms with Gasteiger partial charge < -0.3 is 10.4 Å². The number of halogens is 1. The number of phenolic OH excluding ortho intramolecular Hbond substituents is 1. The molecule has 0 bridgehead atoms. The lowest BCUT2D eigenvalue weighted by molar-refractivity contribution is 0.477. The van der Waals surface area contributed by atoms with Gasteiger partial charge in [-0.2, -0.15) is 5.26 Å². The molecule has 0 radical (unpaired) electrons. The molecule has 0 fully saturated rings. The number of rotatable bonds is 1. The van der Waals surface area contributed by atoms with E-state index in [0.717, 1.165) is 0 Å². The van der Waals surface area contributed by atoms with E-state index in [2.05, 4.69) is 5.32 Å². The Bertz CT molecular complexity index is 320. The van der Waals surface area contributed by atoms with Gasteiger partial charge >= 0.3 is 0 Å². The molecule has 4 heteroatoms. The first-order valence-corrected chi connectivity index (χ1v) is 3.67. The average molecular weight is 183 g/mol. The normalized spacial score (nSPS) is 9.08. The van der Waals surface area contributed by atoms with Crippen LogP contribution in [0, 0.1) is 11.3 Å². The molecule has 0 aliphatic rings. The number of anilines is 1. The molecule has 0 aromatic heterocycles. The number of nitrogens with one attached hydrogen (secondary N) is 1. The molecule has 0 amide bonds. The molecule has 3 nitrogen and oxygen atoms in total. The van der Waals surface area contributed by atoms with Crippen molar-refractivity contribution >= 4 is 17.3 Å². The number of hydrogen-bond donors (Lipinski definition) is 2. The zero-order valence-corrected chi connectivity index (χ0v) is 7.18. The summed E-state index contributed by atoms with van der Waals surface area (Å²) in [5.74, 6) is -0.0125. The van der Waals surface area contributed by atoms with E-state index >= 15 is 0 Å². The zero-order valence-electron chi connectivity index (χ0n) is 6.43. The molecule has 0 saturated heterocycles. The second-order valence-electron chi connectivity index (χ2n) is 2.21. The van der Waals surface area contributed by atoms with Gasteiger partial charge in [-0.1, -0.05) is 11.6 Å². The van der Waals surface area contributed by atoms with E-state index in [4.69, 9.17) is 16.9 Å². The van der Waals surface area contributed by atoms with Crippen LogP contribution >= 0.6 is 11.6 Å². The molecule has 0 aliphatic heterocycles. The van der Waals surface area contributed by atoms with Crippen LogP contribution in [0.4, 0.5) is 5.69 Å². The molecule has 0 unspecified atom stereocenters. The minimum atomic E-state index is -0.0125. The smallest absolute Gasteiger partial charge is 0.141 e. The van der Waals surface area contributed by atoms with Crippen LogP contribution in [0.15, 0.2) is 12.1 Å². The van der Waals surface area contributed by atoms with E-state index in [-0.39, 0.29) is 5.75 Å². The quantitative estimate of drug-likeness (QED) is 0.653. The van der Waals surface area contributed by atoms with Crippen molar-refractivity contribution in [3.8, 4) is 11.8 Å². The van der Waals surface area contributed by atoms with E-state index in [1.807, 2.05) is 6.07 Å². The first kappa shape index (κ1) is 8.69. The first-order chi connectivity index (χ1) is 5.69. The second-order valence-corrected chi connectivity index (χ2v) is 2.62. The molecule has 1 aromatic carbocycles. The summed E-state index contributed by atoms with van der Waals surface area (Å²) in [6.45, 7) is 0. The highest BCUT2D eigenvalue weighted by molar-refractivity contribution is 6.33. The van der Waals surface area contributed by atoms with Gasteiger partial charge in [-0.05, 0) is 12.1 Å². The summed E-state index contributed by atoms with van der Waals surface area (Å²) in [7, 11) is 1.65. The van der Waals surface area contributed by atoms with Crippen LogP contribution in [0.5, 0.6) is 5.75 Å². The van der Waals surface area contributed by atoms with Crippen molar-refractivity contribution in [1.29, 1.82) is 5.26 Å². The maximum atomic E-state index is 9.31. The van der Waals surface area contributed by atoms with Gasteiger partial charge in [0, 0.05) is 7.05 Å². The fraction of sp³-hybridized carbons (Fsp3) is 0.125. The van der Waals surface area contributed by atoms with Crippen molar-refractivity contribution in [3.05, 3.63) is 22.7 Å². The van der Waals surface area contributed by atoms with Crippen LogP contribution < -0.4 is 5.32 Å². The van der Waals surface area contributed by atoms with E-state index < -0.39 is 0 Å². The van der Waals surface area contributed by atoms with Crippen molar-refractivity contribution in [3.63, 3.8) is 0 Å². The summed E-state index contributed by atoms with van der Waals surface area (Å²) in [6.07, 6.45) is 0. The molecule has 0 saturated carbocycles. The molecular formula is C8H7ClN2O. The molecule has 0 atom stereocenters. The third-order valence-corrected chi connectivity index (χ3v) is 1.75. The van der Waals surface area contributed by atoms with Crippen molar-refractivity contribution in [2.24, 2.45) is 0 Å². The topological polar surface area (TPSA) is 56.0 Å². The van der Waals surface area contributed by atoms with Gasteiger partial charge in [0.15, 0.2) is 0 Å². The Balaban J connectivity index is 3.30. The predicted octanol–water partition coefficient (Wildman–Crippen LogP) is 1.96. The van der Waals surface area contributed by atoms with Crippen LogP contribution in [-0.4, -0.2) is 12.2 Å². The average Bonchev–Trinajstić information content (AvgIpc) is 2.03. The molecule has 0 heterocycles. The van der Waals surface area contributed by atoms with Crippen molar-refractivity contribution in [2.75, 3.05) is 12.4 Å². The first-order valence-electron chi connectivity index (χ1n) is 3.29. The highest BCUT2D eigenvalue weighted by Gasteiger charge is 2.06. The van der Waals surface area contributed by atoms with Crippen LogP contribution in [0.1, 0.15) is 5.56 Å². The van der Waals surface area contributed by atoms with E-state index in [0.29, 0.717) is 16.3 Å². The van der Waals surface area contributed by atoms with Gasteiger partial charge in [-0.15, -0.1) is 0 Å². The Morgan fingerprint density at radius 1 is 1.58 bits per heavy atom. The monoisotopic (exact) mass is 182 g/mol. The lowest BCUT2D eigenvalue weighted by Gasteiger charge is -2.05. The SMILES string of the molecule is CNc1c(O)cc(C#N)cc1Cl. The number of aromatic hydroxyl groups is 1. The van der Waals surface area contributed by atoms with E-state index in [9.17, 15) is 5.11 Å². The Morgan fingerprint density at radius 2 is 2.25 bits per heavy atom. The zero-order chi connectivity index (χ0) is 9.14. The summed E-state index contributed by atoms with van der Waals surface area (Å²) in [6, 6.07) is 4.74. The Morgan fingerprint density at radius 3 is 2.67 bits per heavy atom. The van der Waals surface area contributed by atoms with E-state index in [1.54, 1.807) is 7.05 Å². The third-order valence-electron chi connectivity index (χ3n) is 1.45. The van der Waals surface area contributed by atoms with Gasteiger partial charge in [-0.3, -0.25) is 0 Å². The summed E-state index contributed by atoms with van der Waals surface area (Å²) in [5, 5.41) is 20.9. The summed E-state index contributed by atoms with van der Waals surface area (Å²) >= 11 is 5.74. The second kappa shape index (κ2) is 3.33. The number of hydrogen-bond acceptors (Lipinski definition) is 3. The van der Waals surface area contributed by atoms with Gasteiger partial charge in [0.2, 0.25) is 0 Å². The predicted molar refractivity (Wildman–Crippen MR) is 47.4 cm³/mol. The Kier molecular flexibility index (Phi) is 2.41. The van der Waals surface area contributed by atoms with Crippen LogP contribution in [0.3, 0.4) is 0 Å².